The predicted octanol–water partition coefficient (Wildman–Crippen LogP) is 5.78. The molecule has 0 saturated carbocycles. The van der Waals surface area contributed by atoms with Crippen LogP contribution in [0.25, 0.3) is 28.3 Å². The number of tetrazole rings is 1. The number of unbranched alkanes of at least 4 members (excludes halogenated alkanes) is 1. The summed E-state index contributed by atoms with van der Waals surface area (Å²) in [5.41, 5.74) is 5.87. The molecule has 0 amide bonds. The van der Waals surface area contributed by atoms with E-state index >= 15 is 0 Å². The summed E-state index contributed by atoms with van der Waals surface area (Å²) >= 11 is 0. The third-order valence-corrected chi connectivity index (χ3v) is 7.23. The van der Waals surface area contributed by atoms with Crippen molar-refractivity contribution in [2.75, 3.05) is 0 Å². The zero-order valence-electron chi connectivity index (χ0n) is 24.1. The van der Waals surface area contributed by atoms with E-state index < -0.39 is 0 Å². The Balaban J connectivity index is 1.55. The van der Waals surface area contributed by atoms with Gasteiger partial charge in [-0.2, -0.15) is 0 Å². The third-order valence-electron chi connectivity index (χ3n) is 7.23. The summed E-state index contributed by atoms with van der Waals surface area (Å²) in [6, 6.07) is 14.3. The fourth-order valence-corrected chi connectivity index (χ4v) is 5.18. The first-order valence-corrected chi connectivity index (χ1v) is 14.1. The molecule has 9 heteroatoms. The van der Waals surface area contributed by atoms with Crippen molar-refractivity contribution in [2.24, 2.45) is 0 Å². The Morgan fingerprint density at radius 1 is 0.975 bits per heavy atom. The number of rotatable bonds is 10. The smallest absolute Gasteiger partial charge is 0.334 e. The Morgan fingerprint density at radius 2 is 1.77 bits per heavy atom. The molecular weight excluding hydrogens is 500 g/mol. The van der Waals surface area contributed by atoms with Gasteiger partial charge in [-0.1, -0.05) is 59.2 Å². The zero-order chi connectivity index (χ0) is 28.3. The van der Waals surface area contributed by atoms with Crippen LogP contribution in [0.5, 0.6) is 0 Å². The molecule has 208 valence electrons. The fourth-order valence-electron chi connectivity index (χ4n) is 5.18. The Labute approximate surface area is 234 Å². The number of aromatic nitrogens is 8. The number of H-pyrrole nitrogens is 1. The molecule has 5 rings (SSSR count). The van der Waals surface area contributed by atoms with Crippen LogP contribution in [0, 0.1) is 0 Å². The molecule has 5 aromatic rings. The van der Waals surface area contributed by atoms with Gasteiger partial charge >= 0.3 is 5.69 Å². The van der Waals surface area contributed by atoms with Gasteiger partial charge in [-0.25, -0.2) is 9.89 Å². The van der Waals surface area contributed by atoms with Gasteiger partial charge in [0.1, 0.15) is 5.82 Å². The van der Waals surface area contributed by atoms with Crippen molar-refractivity contribution < 1.29 is 0 Å². The van der Waals surface area contributed by atoms with E-state index in [-0.39, 0.29) is 11.1 Å². The van der Waals surface area contributed by atoms with E-state index in [2.05, 4.69) is 89.2 Å². The van der Waals surface area contributed by atoms with Gasteiger partial charge in [-0.3, -0.25) is 14.1 Å². The van der Waals surface area contributed by atoms with Gasteiger partial charge in [0.05, 0.1) is 12.2 Å². The van der Waals surface area contributed by atoms with Crippen LogP contribution >= 0.6 is 0 Å². The molecule has 0 aliphatic rings. The first kappa shape index (κ1) is 27.3. The highest BCUT2D eigenvalue weighted by molar-refractivity contribution is 5.70. The van der Waals surface area contributed by atoms with E-state index in [0.29, 0.717) is 12.4 Å². The Bertz CT molecular complexity index is 1630. The summed E-state index contributed by atoms with van der Waals surface area (Å²) in [5, 5.41) is 14.2. The highest BCUT2D eigenvalue weighted by atomic mass is 16.1. The van der Waals surface area contributed by atoms with Crippen molar-refractivity contribution in [2.45, 2.75) is 78.8 Å². The number of hydrogen-bond acceptors (Lipinski definition) is 5. The SMILES string of the molecule is CCCCc1cn(-c2c(C(C)(C)C)ccn2CCC)c(=O)n1Cc1cc(-c2cccc(-c3nnn[nH]3)c2)ccn1. The largest absolute Gasteiger partial charge is 0.334 e. The van der Waals surface area contributed by atoms with Crippen LogP contribution in [0.3, 0.4) is 0 Å². The number of hydrogen-bond donors (Lipinski definition) is 1. The molecule has 0 radical (unpaired) electrons. The standard InChI is InChI=1S/C31H38N8O/c1-6-8-12-26-21-39(29-27(31(3,4)5)14-17-37(29)16-7-2)30(40)38(26)20-25-19-23(13-15-32-25)22-10-9-11-24(18-22)28-33-35-36-34-28/h9-11,13-15,17-19,21H,6-8,12,16,20H2,1-5H3,(H,33,34,35,36). The van der Waals surface area contributed by atoms with Gasteiger partial charge in [0.2, 0.25) is 0 Å². The van der Waals surface area contributed by atoms with Gasteiger partial charge < -0.3 is 4.57 Å². The summed E-state index contributed by atoms with van der Waals surface area (Å²) in [6.45, 7) is 12.2. The first-order chi connectivity index (χ1) is 19.3. The van der Waals surface area contributed by atoms with Crippen LogP contribution in [0.2, 0.25) is 0 Å². The molecule has 40 heavy (non-hydrogen) atoms. The lowest BCUT2D eigenvalue weighted by molar-refractivity contribution is 0.572. The number of imidazole rings is 1. The van der Waals surface area contributed by atoms with Gasteiger partial charge in [0.25, 0.3) is 0 Å². The molecule has 4 aromatic heterocycles. The van der Waals surface area contributed by atoms with E-state index in [1.54, 1.807) is 0 Å². The number of nitrogens with one attached hydrogen (secondary N) is 1. The molecule has 0 unspecified atom stereocenters. The summed E-state index contributed by atoms with van der Waals surface area (Å²) < 4.78 is 5.97. The molecule has 1 N–H and O–H groups in total. The van der Waals surface area contributed by atoms with E-state index in [9.17, 15) is 4.79 Å². The van der Waals surface area contributed by atoms with Crippen LogP contribution < -0.4 is 5.69 Å². The summed E-state index contributed by atoms with van der Waals surface area (Å²) in [5.74, 6) is 1.59. The maximum absolute atomic E-state index is 14.1. The first-order valence-electron chi connectivity index (χ1n) is 14.1. The maximum atomic E-state index is 14.1. The fraction of sp³-hybridized carbons (Fsp3) is 0.387. The number of benzene rings is 1. The lowest BCUT2D eigenvalue weighted by atomic mass is 9.88. The van der Waals surface area contributed by atoms with Crippen molar-refractivity contribution in [3.63, 3.8) is 0 Å². The molecule has 9 nitrogen and oxygen atoms in total. The van der Waals surface area contributed by atoms with Gasteiger partial charge in [0, 0.05) is 42.0 Å². The predicted molar refractivity (Wildman–Crippen MR) is 158 cm³/mol. The normalized spacial score (nSPS) is 11.8. The van der Waals surface area contributed by atoms with Gasteiger partial charge in [0.15, 0.2) is 5.82 Å². The topological polar surface area (TPSA) is 99.2 Å². The lowest BCUT2D eigenvalue weighted by Crippen LogP contribution is -2.28. The lowest BCUT2D eigenvalue weighted by Gasteiger charge is -2.21. The number of nitrogens with zero attached hydrogens (tertiary/aromatic N) is 7. The average Bonchev–Trinajstić information content (AvgIpc) is 3.69. The molecule has 0 bridgehead atoms. The van der Waals surface area contributed by atoms with Crippen molar-refractivity contribution in [1.82, 2.24) is 39.3 Å². The van der Waals surface area contributed by atoms with Crippen LogP contribution in [0.1, 0.15) is 70.8 Å². The number of aryl methyl sites for hydroxylation is 2. The van der Waals surface area contributed by atoms with E-state index in [0.717, 1.165) is 66.1 Å². The minimum Gasteiger partial charge on any atom is -0.334 e. The number of aromatic amines is 1. The van der Waals surface area contributed by atoms with E-state index in [4.69, 9.17) is 0 Å². The molecule has 0 atom stereocenters. The summed E-state index contributed by atoms with van der Waals surface area (Å²) in [4.78, 5) is 18.7. The molecule has 1 aromatic carbocycles. The summed E-state index contributed by atoms with van der Waals surface area (Å²) in [7, 11) is 0. The quantitative estimate of drug-likeness (QED) is 0.243. The second-order valence-corrected chi connectivity index (χ2v) is 11.3. The van der Waals surface area contributed by atoms with Crippen LogP contribution in [-0.4, -0.2) is 39.3 Å². The highest BCUT2D eigenvalue weighted by Crippen LogP contribution is 2.30. The van der Waals surface area contributed by atoms with Crippen LogP contribution in [0.4, 0.5) is 0 Å². The van der Waals surface area contributed by atoms with E-state index in [1.807, 2.05) is 45.8 Å². The zero-order valence-corrected chi connectivity index (χ0v) is 24.1. The average molecular weight is 539 g/mol. The molecule has 0 saturated heterocycles. The molecule has 4 heterocycles. The molecule has 0 spiro atoms. The minimum absolute atomic E-state index is 0.0281. The Kier molecular flexibility index (Phi) is 7.82. The van der Waals surface area contributed by atoms with Gasteiger partial charge in [-0.05, 0) is 70.5 Å². The van der Waals surface area contributed by atoms with Gasteiger partial charge in [-0.15, -0.1) is 5.10 Å². The molecular formula is C31H38N8O. The molecule has 0 aliphatic carbocycles. The van der Waals surface area contributed by atoms with Crippen LogP contribution in [0.15, 0.2) is 65.8 Å². The molecule has 0 aliphatic heterocycles. The van der Waals surface area contributed by atoms with E-state index in [1.165, 1.54) is 5.56 Å². The number of pyridine rings is 1. The highest BCUT2D eigenvalue weighted by Gasteiger charge is 2.25. The van der Waals surface area contributed by atoms with Crippen molar-refractivity contribution >= 4 is 0 Å². The van der Waals surface area contributed by atoms with Crippen LogP contribution in [-0.2, 0) is 24.9 Å². The third kappa shape index (κ3) is 5.54. The summed E-state index contributed by atoms with van der Waals surface area (Å²) in [6.07, 6.45) is 9.88. The van der Waals surface area contributed by atoms with Crippen molar-refractivity contribution in [1.29, 1.82) is 0 Å². The molecule has 0 fully saturated rings. The maximum Gasteiger partial charge on any atom is 0.334 e. The minimum atomic E-state index is -0.0916. The second kappa shape index (κ2) is 11.5. The Hall–Kier alpha value is -4.27. The monoisotopic (exact) mass is 538 g/mol. The van der Waals surface area contributed by atoms with Crippen molar-refractivity contribution in [3.8, 4) is 28.3 Å². The van der Waals surface area contributed by atoms with Crippen molar-refractivity contribution in [3.05, 3.63) is 88.5 Å². The second-order valence-electron chi connectivity index (χ2n) is 11.3. The Morgan fingerprint density at radius 3 is 2.50 bits per heavy atom.